The van der Waals surface area contributed by atoms with Gasteiger partial charge in [0.25, 0.3) is 5.91 Å². The summed E-state index contributed by atoms with van der Waals surface area (Å²) in [5, 5.41) is 2.94. The van der Waals surface area contributed by atoms with Crippen molar-refractivity contribution in [1.82, 2.24) is 10.3 Å². The lowest BCUT2D eigenvalue weighted by atomic mass is 10.1. The summed E-state index contributed by atoms with van der Waals surface area (Å²) in [4.78, 5) is 16.2. The molecule has 2 aromatic rings. The van der Waals surface area contributed by atoms with Crippen LogP contribution in [0.1, 0.15) is 49.5 Å². The van der Waals surface area contributed by atoms with E-state index in [0.29, 0.717) is 18.7 Å². The monoisotopic (exact) mass is 378 g/mol. The second-order valence-electron chi connectivity index (χ2n) is 7.07. The second kappa shape index (κ2) is 11.8. The van der Waals surface area contributed by atoms with Crippen molar-refractivity contribution >= 4 is 5.91 Å². The van der Waals surface area contributed by atoms with Crippen LogP contribution in [0.3, 0.4) is 0 Å². The van der Waals surface area contributed by atoms with E-state index in [4.69, 9.17) is 4.74 Å². The molecule has 0 atom stereocenters. The van der Waals surface area contributed by atoms with E-state index in [-0.39, 0.29) is 5.91 Å². The van der Waals surface area contributed by atoms with Gasteiger partial charge in [0.2, 0.25) is 0 Å². The summed E-state index contributed by atoms with van der Waals surface area (Å²) >= 11 is 0. The number of rotatable bonds is 10. The van der Waals surface area contributed by atoms with E-state index in [9.17, 15) is 4.79 Å². The maximum Gasteiger partial charge on any atom is 0.251 e. The Morgan fingerprint density at radius 3 is 2.43 bits per heavy atom. The molecule has 0 saturated carbocycles. The summed E-state index contributed by atoms with van der Waals surface area (Å²) in [6.45, 7) is 7.50. The van der Waals surface area contributed by atoms with Gasteiger partial charge in [0, 0.05) is 24.5 Å². The van der Waals surface area contributed by atoms with Crippen molar-refractivity contribution in [3.05, 3.63) is 83.2 Å². The summed E-state index contributed by atoms with van der Waals surface area (Å²) < 4.78 is 5.75. The summed E-state index contributed by atoms with van der Waals surface area (Å²) in [6.07, 6.45) is 10.8. The van der Waals surface area contributed by atoms with Crippen LogP contribution in [-0.2, 0) is 6.42 Å². The van der Waals surface area contributed by atoms with Gasteiger partial charge in [-0.2, -0.15) is 0 Å². The molecule has 0 spiro atoms. The van der Waals surface area contributed by atoms with Crippen LogP contribution in [0.4, 0.5) is 0 Å². The highest BCUT2D eigenvalue weighted by atomic mass is 16.5. The maximum absolute atomic E-state index is 12.2. The van der Waals surface area contributed by atoms with Crippen molar-refractivity contribution in [2.24, 2.45) is 0 Å². The number of hydrogen-bond donors (Lipinski definition) is 1. The Bertz CT molecular complexity index is 789. The van der Waals surface area contributed by atoms with Crippen LogP contribution in [0.15, 0.2) is 72.1 Å². The molecule has 1 amide bonds. The predicted molar refractivity (Wildman–Crippen MR) is 115 cm³/mol. The van der Waals surface area contributed by atoms with Crippen molar-refractivity contribution in [3.8, 4) is 5.75 Å². The molecule has 1 N–H and O–H groups in total. The number of nitrogens with zero attached hydrogens (tertiary/aromatic N) is 1. The Balaban J connectivity index is 1.73. The standard InChI is InChI=1S/C24H30N2O2/c1-19(2)5-4-6-20(3)14-18-28-23-9-7-22(8-10-23)24(27)26-17-13-21-11-15-25-16-12-21/h5,7-12,14-16H,4,6,13,17-18H2,1-3H3,(H,26,27). The number of amides is 1. The number of carbonyl (C=O) groups is 1. The molecule has 1 aromatic carbocycles. The van der Waals surface area contributed by atoms with Gasteiger partial charge in [0.15, 0.2) is 0 Å². The molecule has 2 rings (SSSR count). The van der Waals surface area contributed by atoms with Crippen LogP contribution in [-0.4, -0.2) is 24.0 Å². The number of benzene rings is 1. The molecule has 4 heteroatoms. The molecule has 148 valence electrons. The number of aromatic nitrogens is 1. The third kappa shape index (κ3) is 8.21. The van der Waals surface area contributed by atoms with Gasteiger partial charge in [-0.3, -0.25) is 9.78 Å². The van der Waals surface area contributed by atoms with Crippen molar-refractivity contribution in [1.29, 1.82) is 0 Å². The molecule has 0 radical (unpaired) electrons. The van der Waals surface area contributed by atoms with Gasteiger partial charge >= 0.3 is 0 Å². The molecule has 4 nitrogen and oxygen atoms in total. The fourth-order valence-corrected chi connectivity index (χ4v) is 2.65. The Morgan fingerprint density at radius 1 is 1.04 bits per heavy atom. The van der Waals surface area contributed by atoms with Gasteiger partial charge in [-0.15, -0.1) is 0 Å². The van der Waals surface area contributed by atoms with E-state index >= 15 is 0 Å². The van der Waals surface area contributed by atoms with Gasteiger partial charge in [0.05, 0.1) is 0 Å². The average Bonchev–Trinajstić information content (AvgIpc) is 2.69. The summed E-state index contributed by atoms with van der Waals surface area (Å²) in [6, 6.07) is 11.2. The molecule has 0 saturated heterocycles. The summed E-state index contributed by atoms with van der Waals surface area (Å²) in [5.41, 5.74) is 4.46. The molecular weight excluding hydrogens is 348 g/mol. The van der Waals surface area contributed by atoms with Gasteiger partial charge in [0.1, 0.15) is 12.4 Å². The molecular formula is C24H30N2O2. The zero-order valence-electron chi connectivity index (χ0n) is 17.1. The Kier molecular flexibility index (Phi) is 8.99. The van der Waals surface area contributed by atoms with Crippen molar-refractivity contribution < 1.29 is 9.53 Å². The van der Waals surface area contributed by atoms with Gasteiger partial charge in [-0.1, -0.05) is 17.2 Å². The summed E-state index contributed by atoms with van der Waals surface area (Å²) in [5.74, 6) is 0.692. The van der Waals surface area contributed by atoms with E-state index in [0.717, 1.165) is 30.6 Å². The van der Waals surface area contributed by atoms with Crippen LogP contribution in [0, 0.1) is 0 Å². The highest BCUT2D eigenvalue weighted by Crippen LogP contribution is 2.13. The average molecular weight is 379 g/mol. The Morgan fingerprint density at radius 2 is 1.75 bits per heavy atom. The first-order valence-electron chi connectivity index (χ1n) is 9.73. The largest absolute Gasteiger partial charge is 0.490 e. The first-order valence-corrected chi connectivity index (χ1v) is 9.73. The lowest BCUT2D eigenvalue weighted by Crippen LogP contribution is -2.25. The van der Waals surface area contributed by atoms with Crippen LogP contribution in [0.2, 0.25) is 0 Å². The van der Waals surface area contributed by atoms with Crippen LogP contribution in [0.25, 0.3) is 0 Å². The highest BCUT2D eigenvalue weighted by molar-refractivity contribution is 5.94. The molecule has 28 heavy (non-hydrogen) atoms. The minimum atomic E-state index is -0.0735. The normalized spacial score (nSPS) is 11.0. The molecule has 0 aliphatic heterocycles. The smallest absolute Gasteiger partial charge is 0.251 e. The maximum atomic E-state index is 12.2. The van der Waals surface area contributed by atoms with E-state index in [2.05, 4.69) is 43.2 Å². The summed E-state index contributed by atoms with van der Waals surface area (Å²) in [7, 11) is 0. The fraction of sp³-hybridized carbons (Fsp3) is 0.333. The number of allylic oxidation sites excluding steroid dienone is 3. The zero-order valence-corrected chi connectivity index (χ0v) is 17.1. The minimum absolute atomic E-state index is 0.0735. The predicted octanol–water partition coefficient (Wildman–Crippen LogP) is 5.13. The number of ether oxygens (including phenoxy) is 1. The Hall–Kier alpha value is -2.88. The van der Waals surface area contributed by atoms with E-state index < -0.39 is 0 Å². The van der Waals surface area contributed by atoms with Crippen molar-refractivity contribution in [2.45, 2.75) is 40.0 Å². The lowest BCUT2D eigenvalue weighted by Gasteiger charge is -2.07. The number of hydrogen-bond acceptors (Lipinski definition) is 3. The van der Waals surface area contributed by atoms with Crippen molar-refractivity contribution in [3.63, 3.8) is 0 Å². The van der Waals surface area contributed by atoms with Crippen LogP contribution < -0.4 is 10.1 Å². The minimum Gasteiger partial charge on any atom is -0.490 e. The third-order valence-electron chi connectivity index (χ3n) is 4.34. The first-order chi connectivity index (χ1) is 13.5. The van der Waals surface area contributed by atoms with Gasteiger partial charge < -0.3 is 10.1 Å². The molecule has 1 aromatic heterocycles. The Labute approximate surface area is 168 Å². The van der Waals surface area contributed by atoms with Gasteiger partial charge in [-0.25, -0.2) is 0 Å². The molecule has 0 aliphatic rings. The highest BCUT2D eigenvalue weighted by Gasteiger charge is 2.05. The van der Waals surface area contributed by atoms with E-state index in [1.807, 2.05) is 24.3 Å². The van der Waals surface area contributed by atoms with Crippen molar-refractivity contribution in [2.75, 3.05) is 13.2 Å². The van der Waals surface area contributed by atoms with E-state index in [1.165, 1.54) is 11.1 Å². The fourth-order valence-electron chi connectivity index (χ4n) is 2.65. The molecule has 1 heterocycles. The SMILES string of the molecule is CC(C)=CCCC(C)=CCOc1ccc(C(=O)NCCc2ccncc2)cc1. The quantitative estimate of drug-likeness (QED) is 0.583. The number of pyridine rings is 1. The van der Waals surface area contributed by atoms with Crippen LogP contribution >= 0.6 is 0 Å². The molecule has 0 bridgehead atoms. The van der Waals surface area contributed by atoms with Crippen LogP contribution in [0.5, 0.6) is 5.75 Å². The molecule has 0 fully saturated rings. The number of carbonyl (C=O) groups excluding carboxylic acids is 1. The van der Waals surface area contributed by atoms with E-state index in [1.54, 1.807) is 24.5 Å². The lowest BCUT2D eigenvalue weighted by molar-refractivity contribution is 0.0954. The zero-order chi connectivity index (χ0) is 20.2. The van der Waals surface area contributed by atoms with Gasteiger partial charge in [-0.05, 0) is 88.1 Å². The second-order valence-corrected chi connectivity index (χ2v) is 7.07. The molecule has 0 unspecified atom stereocenters. The molecule has 0 aliphatic carbocycles. The third-order valence-corrected chi connectivity index (χ3v) is 4.34. The first kappa shape index (κ1) is 21.4. The number of nitrogens with one attached hydrogen (secondary N) is 1. The topological polar surface area (TPSA) is 51.2 Å².